The molecule has 70 valence electrons. The van der Waals surface area contributed by atoms with E-state index >= 15 is 0 Å². The van der Waals surface area contributed by atoms with Crippen LogP contribution in [0, 0.1) is 7.14 Å². The Morgan fingerprint density at radius 1 is 1.31 bits per heavy atom. The van der Waals surface area contributed by atoms with Crippen LogP contribution in [0.5, 0.6) is 0 Å². The second-order valence-corrected chi connectivity index (χ2v) is 4.71. The van der Waals surface area contributed by atoms with Gasteiger partial charge in [-0.3, -0.25) is 0 Å². The van der Waals surface area contributed by atoms with E-state index in [4.69, 9.17) is 10.2 Å². The van der Waals surface area contributed by atoms with Crippen molar-refractivity contribution in [1.82, 2.24) is 0 Å². The number of hydrogen-bond acceptors (Lipinski definition) is 2. The summed E-state index contributed by atoms with van der Waals surface area (Å²) in [6.45, 7) is -0.0591. The van der Waals surface area contributed by atoms with E-state index in [9.17, 15) is 4.79 Å². The fraction of sp³-hybridized carbons (Fsp3) is 0.125. The highest BCUT2D eigenvalue weighted by atomic mass is 127. The number of halogens is 2. The third-order valence-electron chi connectivity index (χ3n) is 1.55. The molecule has 13 heavy (non-hydrogen) atoms. The average molecular weight is 404 g/mol. The number of benzene rings is 1. The van der Waals surface area contributed by atoms with Gasteiger partial charge < -0.3 is 10.2 Å². The Morgan fingerprint density at radius 2 is 1.77 bits per heavy atom. The molecule has 0 aromatic heterocycles. The van der Waals surface area contributed by atoms with Gasteiger partial charge in [-0.15, -0.1) is 0 Å². The first-order valence-corrected chi connectivity index (χ1v) is 5.54. The van der Waals surface area contributed by atoms with Gasteiger partial charge in [0.1, 0.15) is 0 Å². The summed E-state index contributed by atoms with van der Waals surface area (Å²) in [6.07, 6.45) is 0. The van der Waals surface area contributed by atoms with Gasteiger partial charge in [-0.1, -0.05) is 0 Å². The SMILES string of the molecule is O=C(O)c1cc(I)c(CO)c(I)c1. The van der Waals surface area contributed by atoms with E-state index in [1.54, 1.807) is 12.1 Å². The van der Waals surface area contributed by atoms with Crippen molar-refractivity contribution in [2.75, 3.05) is 0 Å². The van der Waals surface area contributed by atoms with Crippen molar-refractivity contribution in [2.45, 2.75) is 6.61 Å². The van der Waals surface area contributed by atoms with Gasteiger partial charge in [0, 0.05) is 12.7 Å². The lowest BCUT2D eigenvalue weighted by atomic mass is 10.1. The normalized spacial score (nSPS) is 10.1. The molecule has 0 aliphatic carbocycles. The summed E-state index contributed by atoms with van der Waals surface area (Å²) in [5, 5.41) is 17.7. The van der Waals surface area contributed by atoms with E-state index < -0.39 is 5.97 Å². The van der Waals surface area contributed by atoms with Crippen molar-refractivity contribution in [3.63, 3.8) is 0 Å². The molecule has 0 fully saturated rings. The van der Waals surface area contributed by atoms with Crippen molar-refractivity contribution in [3.05, 3.63) is 30.4 Å². The molecule has 0 radical (unpaired) electrons. The Kier molecular flexibility index (Phi) is 3.92. The first-order valence-electron chi connectivity index (χ1n) is 3.38. The summed E-state index contributed by atoms with van der Waals surface area (Å²) >= 11 is 4.03. The van der Waals surface area contributed by atoms with Crippen LogP contribution in [0.25, 0.3) is 0 Å². The van der Waals surface area contributed by atoms with E-state index in [1.807, 2.05) is 45.2 Å². The lowest BCUT2D eigenvalue weighted by Gasteiger charge is -2.05. The molecule has 0 bridgehead atoms. The van der Waals surface area contributed by atoms with Crippen molar-refractivity contribution in [3.8, 4) is 0 Å². The van der Waals surface area contributed by atoms with Crippen LogP contribution in [0.1, 0.15) is 15.9 Å². The third-order valence-corrected chi connectivity index (χ3v) is 3.47. The molecule has 0 unspecified atom stereocenters. The molecule has 0 heterocycles. The molecule has 1 aromatic carbocycles. The van der Waals surface area contributed by atoms with Crippen molar-refractivity contribution >= 4 is 51.2 Å². The van der Waals surface area contributed by atoms with E-state index in [-0.39, 0.29) is 12.2 Å². The molecule has 5 heteroatoms. The maximum Gasteiger partial charge on any atom is 0.335 e. The predicted molar refractivity (Wildman–Crippen MR) is 64.8 cm³/mol. The summed E-state index contributed by atoms with van der Waals surface area (Å²) in [7, 11) is 0. The quantitative estimate of drug-likeness (QED) is 0.743. The number of aliphatic hydroxyl groups is 1. The lowest BCUT2D eigenvalue weighted by Crippen LogP contribution is -2.01. The van der Waals surface area contributed by atoms with Crippen LogP contribution in [0.4, 0.5) is 0 Å². The molecule has 0 amide bonds. The van der Waals surface area contributed by atoms with Gasteiger partial charge in [0.15, 0.2) is 0 Å². The maximum atomic E-state index is 10.6. The molecular weight excluding hydrogens is 398 g/mol. The molecule has 0 spiro atoms. The summed E-state index contributed by atoms with van der Waals surface area (Å²) in [5.41, 5.74) is 1.04. The highest BCUT2D eigenvalue weighted by Gasteiger charge is 2.10. The van der Waals surface area contributed by atoms with Crippen LogP contribution in [0.3, 0.4) is 0 Å². The summed E-state index contributed by atoms with van der Waals surface area (Å²) < 4.78 is 1.56. The van der Waals surface area contributed by atoms with Crippen molar-refractivity contribution in [1.29, 1.82) is 0 Å². The summed E-state index contributed by atoms with van der Waals surface area (Å²) in [6, 6.07) is 3.10. The molecule has 0 aliphatic rings. The van der Waals surface area contributed by atoms with Crippen molar-refractivity contribution in [2.24, 2.45) is 0 Å². The van der Waals surface area contributed by atoms with Crippen LogP contribution in [-0.4, -0.2) is 16.2 Å². The van der Waals surface area contributed by atoms with Gasteiger partial charge in [0.25, 0.3) is 0 Å². The number of rotatable bonds is 2. The zero-order valence-electron chi connectivity index (χ0n) is 6.42. The smallest absolute Gasteiger partial charge is 0.335 e. The average Bonchev–Trinajstić information content (AvgIpc) is 2.03. The van der Waals surface area contributed by atoms with E-state index in [1.165, 1.54) is 0 Å². The van der Waals surface area contributed by atoms with Gasteiger partial charge in [0.05, 0.1) is 12.2 Å². The molecule has 1 rings (SSSR count). The largest absolute Gasteiger partial charge is 0.478 e. The lowest BCUT2D eigenvalue weighted by molar-refractivity contribution is 0.0696. The van der Waals surface area contributed by atoms with Gasteiger partial charge in [-0.25, -0.2) is 4.79 Å². The summed E-state index contributed by atoms with van der Waals surface area (Å²) in [4.78, 5) is 10.6. The number of aliphatic hydroxyl groups excluding tert-OH is 1. The Hall–Kier alpha value is 0.110. The minimum Gasteiger partial charge on any atom is -0.478 e. The number of carboxylic acid groups (broad SMARTS) is 1. The Morgan fingerprint density at radius 3 is 2.08 bits per heavy atom. The van der Waals surface area contributed by atoms with E-state index in [2.05, 4.69) is 0 Å². The van der Waals surface area contributed by atoms with Gasteiger partial charge in [-0.2, -0.15) is 0 Å². The topological polar surface area (TPSA) is 57.5 Å². The van der Waals surface area contributed by atoms with Crippen LogP contribution in [0.2, 0.25) is 0 Å². The van der Waals surface area contributed by atoms with E-state index in [0.717, 1.165) is 12.7 Å². The first-order chi connectivity index (χ1) is 6.06. The molecule has 2 N–H and O–H groups in total. The van der Waals surface area contributed by atoms with Gasteiger partial charge >= 0.3 is 5.97 Å². The monoisotopic (exact) mass is 404 g/mol. The number of hydrogen-bond donors (Lipinski definition) is 2. The third kappa shape index (κ3) is 2.53. The predicted octanol–water partition coefficient (Wildman–Crippen LogP) is 2.09. The minimum absolute atomic E-state index is 0.0591. The van der Waals surface area contributed by atoms with Gasteiger partial charge in [0.2, 0.25) is 0 Å². The fourth-order valence-electron chi connectivity index (χ4n) is 0.878. The molecule has 0 saturated carbocycles. The van der Waals surface area contributed by atoms with Crippen LogP contribution in [0.15, 0.2) is 12.1 Å². The first kappa shape index (κ1) is 11.2. The second kappa shape index (κ2) is 4.56. The molecule has 0 saturated heterocycles. The second-order valence-electron chi connectivity index (χ2n) is 2.38. The van der Waals surface area contributed by atoms with Crippen LogP contribution in [-0.2, 0) is 6.61 Å². The van der Waals surface area contributed by atoms with Crippen molar-refractivity contribution < 1.29 is 15.0 Å². The Bertz CT molecular complexity index is 326. The molecule has 0 atom stereocenters. The molecule has 1 aromatic rings. The van der Waals surface area contributed by atoms with Crippen LogP contribution >= 0.6 is 45.2 Å². The van der Waals surface area contributed by atoms with Gasteiger partial charge in [-0.05, 0) is 57.3 Å². The minimum atomic E-state index is -0.944. The zero-order chi connectivity index (χ0) is 10.0. The zero-order valence-corrected chi connectivity index (χ0v) is 10.7. The number of aromatic carboxylic acids is 1. The Balaban J connectivity index is 3.28. The maximum absolute atomic E-state index is 10.6. The highest BCUT2D eigenvalue weighted by molar-refractivity contribution is 14.1. The standard InChI is InChI=1S/C8H6I2O3/c9-6-1-4(8(12)13)2-7(10)5(6)3-11/h1-2,11H,3H2,(H,12,13). The Labute approximate surface area is 102 Å². The highest BCUT2D eigenvalue weighted by Crippen LogP contribution is 2.21. The fourth-order valence-corrected chi connectivity index (χ4v) is 2.99. The number of carboxylic acids is 1. The molecule has 0 aliphatic heterocycles. The summed E-state index contributed by atoms with van der Waals surface area (Å²) in [5.74, 6) is -0.944. The molecule has 3 nitrogen and oxygen atoms in total. The van der Waals surface area contributed by atoms with Crippen LogP contribution < -0.4 is 0 Å². The molecular formula is C8H6I2O3. The van der Waals surface area contributed by atoms with E-state index in [0.29, 0.717) is 0 Å². The number of carbonyl (C=O) groups is 1.